The molecule has 1 aliphatic rings. The Labute approximate surface area is 168 Å². The van der Waals surface area contributed by atoms with Crippen LogP contribution < -0.4 is 9.47 Å². The standard InChI is InChI=1S/C17H17F2N3O6S/c1-25-12-8-10(2-3-11(12)27-16(18)19)15-20-13(28-21-15)9-26-14(23)4-5-22-6-7-29-17(22)24/h2-3,8,16H,4-7,9H2,1H3. The highest BCUT2D eigenvalue weighted by Crippen LogP contribution is 2.32. The lowest BCUT2D eigenvalue weighted by Crippen LogP contribution is -2.26. The summed E-state index contributed by atoms with van der Waals surface area (Å²) < 4.78 is 44.3. The van der Waals surface area contributed by atoms with Gasteiger partial charge in [0.05, 0.1) is 13.5 Å². The van der Waals surface area contributed by atoms with Crippen molar-refractivity contribution in [3.8, 4) is 22.9 Å². The molecule has 156 valence electrons. The van der Waals surface area contributed by atoms with Gasteiger partial charge in [-0.3, -0.25) is 9.59 Å². The summed E-state index contributed by atoms with van der Waals surface area (Å²) in [4.78, 5) is 29.0. The molecule has 1 aliphatic heterocycles. The highest BCUT2D eigenvalue weighted by atomic mass is 32.2. The maximum absolute atomic E-state index is 12.4. The van der Waals surface area contributed by atoms with E-state index in [1.54, 1.807) is 4.90 Å². The van der Waals surface area contributed by atoms with Gasteiger partial charge in [-0.25, -0.2) is 0 Å². The van der Waals surface area contributed by atoms with Gasteiger partial charge in [0.1, 0.15) is 0 Å². The van der Waals surface area contributed by atoms with Gasteiger partial charge in [0.25, 0.3) is 11.1 Å². The summed E-state index contributed by atoms with van der Waals surface area (Å²) in [7, 11) is 1.31. The SMILES string of the molecule is COc1cc(-c2noc(COC(=O)CCN3CCSC3=O)n2)ccc1OC(F)F. The molecule has 2 aromatic rings. The number of amides is 1. The number of hydrogen-bond donors (Lipinski definition) is 0. The number of ether oxygens (including phenoxy) is 3. The van der Waals surface area contributed by atoms with Crippen molar-refractivity contribution >= 4 is 23.0 Å². The van der Waals surface area contributed by atoms with Gasteiger partial charge in [-0.15, -0.1) is 0 Å². The molecule has 0 unspecified atom stereocenters. The predicted octanol–water partition coefficient (Wildman–Crippen LogP) is 2.95. The van der Waals surface area contributed by atoms with E-state index in [2.05, 4.69) is 14.9 Å². The first-order chi connectivity index (χ1) is 14.0. The number of carbonyl (C=O) groups is 2. The molecule has 29 heavy (non-hydrogen) atoms. The molecule has 9 nitrogen and oxygen atoms in total. The minimum atomic E-state index is -2.98. The third-order valence-corrected chi connectivity index (χ3v) is 4.79. The number of nitrogens with zero attached hydrogens (tertiary/aromatic N) is 3. The monoisotopic (exact) mass is 429 g/mol. The fourth-order valence-electron chi connectivity index (χ4n) is 2.50. The third-order valence-electron chi connectivity index (χ3n) is 3.89. The van der Waals surface area contributed by atoms with Crippen molar-refractivity contribution in [2.45, 2.75) is 19.6 Å². The van der Waals surface area contributed by atoms with E-state index in [9.17, 15) is 18.4 Å². The van der Waals surface area contributed by atoms with E-state index in [1.807, 2.05) is 0 Å². The Morgan fingerprint density at radius 3 is 2.90 bits per heavy atom. The zero-order valence-corrected chi connectivity index (χ0v) is 16.1. The van der Waals surface area contributed by atoms with Crippen LogP contribution in [0, 0.1) is 0 Å². The van der Waals surface area contributed by atoms with Crippen LogP contribution in [0.15, 0.2) is 22.7 Å². The van der Waals surface area contributed by atoms with Crippen LogP contribution in [0.2, 0.25) is 0 Å². The smallest absolute Gasteiger partial charge is 0.387 e. The lowest BCUT2D eigenvalue weighted by atomic mass is 10.2. The average Bonchev–Trinajstić information content (AvgIpc) is 3.33. The van der Waals surface area contributed by atoms with E-state index < -0.39 is 12.6 Å². The van der Waals surface area contributed by atoms with Crippen molar-refractivity contribution in [3.63, 3.8) is 0 Å². The van der Waals surface area contributed by atoms with Crippen molar-refractivity contribution in [1.82, 2.24) is 15.0 Å². The van der Waals surface area contributed by atoms with E-state index in [-0.39, 0.29) is 41.5 Å². The molecule has 0 aliphatic carbocycles. The molecule has 0 bridgehead atoms. The number of methoxy groups -OCH3 is 1. The Kier molecular flexibility index (Phi) is 6.86. The van der Waals surface area contributed by atoms with Crippen molar-refractivity contribution in [3.05, 3.63) is 24.1 Å². The van der Waals surface area contributed by atoms with Gasteiger partial charge in [0.15, 0.2) is 18.1 Å². The van der Waals surface area contributed by atoms with Crippen LogP contribution >= 0.6 is 11.8 Å². The average molecular weight is 429 g/mol. The normalized spacial score (nSPS) is 13.8. The summed E-state index contributed by atoms with van der Waals surface area (Å²) in [6.45, 7) is -2.29. The van der Waals surface area contributed by atoms with Crippen LogP contribution in [-0.4, -0.2) is 58.8 Å². The Hall–Kier alpha value is -2.89. The molecule has 2 heterocycles. The molecule has 0 atom stereocenters. The van der Waals surface area contributed by atoms with Gasteiger partial charge in [-0.2, -0.15) is 13.8 Å². The fourth-order valence-corrected chi connectivity index (χ4v) is 3.35. The van der Waals surface area contributed by atoms with Crippen LogP contribution in [0.5, 0.6) is 11.5 Å². The molecule has 1 aromatic carbocycles. The van der Waals surface area contributed by atoms with Crippen molar-refractivity contribution in [2.75, 3.05) is 26.0 Å². The van der Waals surface area contributed by atoms with E-state index in [1.165, 1.54) is 37.1 Å². The molecule has 0 radical (unpaired) electrons. The van der Waals surface area contributed by atoms with Gasteiger partial charge < -0.3 is 23.6 Å². The van der Waals surface area contributed by atoms with Crippen LogP contribution in [0.4, 0.5) is 13.6 Å². The number of aromatic nitrogens is 2. The van der Waals surface area contributed by atoms with E-state index >= 15 is 0 Å². The van der Waals surface area contributed by atoms with Gasteiger partial charge >= 0.3 is 12.6 Å². The highest BCUT2D eigenvalue weighted by Gasteiger charge is 2.22. The van der Waals surface area contributed by atoms with Crippen LogP contribution in [0.1, 0.15) is 12.3 Å². The maximum Gasteiger partial charge on any atom is 0.387 e. The Balaban J connectivity index is 1.55. The lowest BCUT2D eigenvalue weighted by Gasteiger charge is -2.13. The number of halogens is 2. The molecule has 0 spiro atoms. The van der Waals surface area contributed by atoms with Crippen molar-refractivity contribution < 1.29 is 37.1 Å². The van der Waals surface area contributed by atoms with Crippen LogP contribution in [0.25, 0.3) is 11.4 Å². The number of hydrogen-bond acceptors (Lipinski definition) is 9. The van der Waals surface area contributed by atoms with Gasteiger partial charge in [-0.1, -0.05) is 16.9 Å². The van der Waals surface area contributed by atoms with Gasteiger partial charge in [-0.05, 0) is 18.2 Å². The molecular weight excluding hydrogens is 412 g/mol. The number of esters is 1. The molecule has 0 saturated carbocycles. The number of thioether (sulfide) groups is 1. The maximum atomic E-state index is 12.4. The number of benzene rings is 1. The Morgan fingerprint density at radius 1 is 1.38 bits per heavy atom. The molecule has 1 aromatic heterocycles. The van der Waals surface area contributed by atoms with Crippen molar-refractivity contribution in [1.29, 1.82) is 0 Å². The zero-order chi connectivity index (χ0) is 20.8. The minimum Gasteiger partial charge on any atom is -0.493 e. The van der Waals surface area contributed by atoms with Gasteiger partial charge in [0.2, 0.25) is 5.82 Å². The van der Waals surface area contributed by atoms with Crippen LogP contribution in [0.3, 0.4) is 0 Å². The molecule has 1 amide bonds. The summed E-state index contributed by atoms with van der Waals surface area (Å²) in [5, 5.41) is 3.73. The Morgan fingerprint density at radius 2 is 2.21 bits per heavy atom. The number of rotatable bonds is 9. The second kappa shape index (κ2) is 9.54. The third kappa shape index (κ3) is 5.56. The second-order valence-corrected chi connectivity index (χ2v) is 6.81. The summed E-state index contributed by atoms with van der Waals surface area (Å²) in [5.41, 5.74) is 0.440. The first kappa shape index (κ1) is 20.8. The van der Waals surface area contributed by atoms with E-state index in [0.717, 1.165) is 5.75 Å². The molecule has 12 heteroatoms. The molecule has 0 N–H and O–H groups in total. The predicted molar refractivity (Wildman–Crippen MR) is 96.8 cm³/mol. The summed E-state index contributed by atoms with van der Waals surface area (Å²) in [6.07, 6.45) is 0.0656. The minimum absolute atomic E-state index is 0.0419. The zero-order valence-electron chi connectivity index (χ0n) is 15.3. The lowest BCUT2D eigenvalue weighted by molar-refractivity contribution is -0.145. The van der Waals surface area contributed by atoms with E-state index in [0.29, 0.717) is 18.7 Å². The van der Waals surface area contributed by atoms with Crippen LogP contribution in [-0.2, 0) is 16.1 Å². The quantitative estimate of drug-likeness (QED) is 0.557. The van der Waals surface area contributed by atoms with E-state index in [4.69, 9.17) is 14.0 Å². The summed E-state index contributed by atoms with van der Waals surface area (Å²) in [6, 6.07) is 4.18. The summed E-state index contributed by atoms with van der Waals surface area (Å²) >= 11 is 1.22. The van der Waals surface area contributed by atoms with Gasteiger partial charge in [0, 0.05) is 24.4 Å². The topological polar surface area (TPSA) is 104 Å². The summed E-state index contributed by atoms with van der Waals surface area (Å²) in [5.74, 6) is 0.405. The number of alkyl halides is 2. The first-order valence-corrected chi connectivity index (χ1v) is 9.48. The molecular formula is C17H17F2N3O6S. The van der Waals surface area contributed by atoms with Crippen molar-refractivity contribution in [2.24, 2.45) is 0 Å². The fraction of sp³-hybridized carbons (Fsp3) is 0.412. The molecule has 3 rings (SSSR count). The molecule has 1 saturated heterocycles. The second-order valence-electron chi connectivity index (χ2n) is 5.77. The highest BCUT2D eigenvalue weighted by molar-refractivity contribution is 8.13. The number of carbonyl (C=O) groups excluding carboxylic acids is 2. The Bertz CT molecular complexity index is 879. The first-order valence-electron chi connectivity index (χ1n) is 8.49. The molecule has 1 fully saturated rings. The largest absolute Gasteiger partial charge is 0.493 e.